The van der Waals surface area contributed by atoms with E-state index in [-0.39, 0.29) is 23.5 Å². The van der Waals surface area contributed by atoms with E-state index in [0.717, 1.165) is 54.6 Å². The molecule has 1 aliphatic rings. The van der Waals surface area contributed by atoms with E-state index in [0.29, 0.717) is 15.4 Å². The lowest BCUT2D eigenvalue weighted by molar-refractivity contribution is -0.137. The third-order valence-electron chi connectivity index (χ3n) is 5.74. The summed E-state index contributed by atoms with van der Waals surface area (Å²) in [6.45, 7) is 5.12. The maximum atomic E-state index is 13.8. The molecule has 2 aromatic heterocycles. The Morgan fingerprint density at radius 1 is 1.21 bits per heavy atom. The molecule has 1 N–H and O–H groups in total. The first kappa shape index (κ1) is 24.6. The predicted molar refractivity (Wildman–Crippen MR) is 130 cm³/mol. The van der Waals surface area contributed by atoms with Crippen molar-refractivity contribution in [3.8, 4) is 21.1 Å². The van der Waals surface area contributed by atoms with E-state index in [1.807, 2.05) is 13.2 Å². The van der Waals surface area contributed by atoms with Gasteiger partial charge in [-0.25, -0.2) is 15.0 Å². The highest BCUT2D eigenvalue weighted by Crippen LogP contribution is 2.40. The Morgan fingerprint density at radius 2 is 1.94 bits per heavy atom. The van der Waals surface area contributed by atoms with Crippen LogP contribution in [0.5, 0.6) is 0 Å². The van der Waals surface area contributed by atoms with Crippen molar-refractivity contribution < 1.29 is 18.0 Å². The number of hydrogen-bond donors (Lipinski definition) is 1. The van der Waals surface area contributed by atoms with E-state index >= 15 is 0 Å². The number of thiazole rings is 1. The van der Waals surface area contributed by atoms with Crippen LogP contribution in [0.1, 0.15) is 41.3 Å². The number of benzene rings is 1. The topological polar surface area (TPSA) is 71.0 Å². The van der Waals surface area contributed by atoms with Crippen LogP contribution in [-0.4, -0.2) is 50.4 Å². The van der Waals surface area contributed by atoms with Crippen LogP contribution in [0.3, 0.4) is 0 Å². The number of carbonyl (C=O) groups excluding carboxylic acids is 1. The number of hydrogen-bond acceptors (Lipinski definition) is 8. The van der Waals surface area contributed by atoms with Gasteiger partial charge in [0, 0.05) is 42.7 Å². The Labute approximate surface area is 204 Å². The molecule has 180 valence electrons. The average molecular weight is 508 g/mol. The van der Waals surface area contributed by atoms with Crippen molar-refractivity contribution in [1.82, 2.24) is 19.3 Å². The van der Waals surface area contributed by atoms with Crippen molar-refractivity contribution in [3.05, 3.63) is 47.3 Å². The lowest BCUT2D eigenvalue weighted by atomic mass is 10.0. The molecule has 0 bridgehead atoms. The second-order valence-corrected chi connectivity index (χ2v) is 10.0. The Morgan fingerprint density at radius 3 is 2.56 bits per heavy atom. The van der Waals surface area contributed by atoms with Crippen molar-refractivity contribution in [1.29, 1.82) is 0 Å². The molecule has 1 aliphatic heterocycles. The number of aromatic nitrogens is 3. The minimum Gasteiger partial charge on any atom is -0.351 e. The zero-order chi connectivity index (χ0) is 24.5. The van der Waals surface area contributed by atoms with Crippen LogP contribution in [-0.2, 0) is 6.18 Å². The van der Waals surface area contributed by atoms with Crippen LogP contribution in [0.25, 0.3) is 21.1 Å². The Hall–Kier alpha value is -2.50. The minimum absolute atomic E-state index is 0.0514. The molecule has 1 fully saturated rings. The summed E-state index contributed by atoms with van der Waals surface area (Å²) in [6.07, 6.45) is 1.41. The van der Waals surface area contributed by atoms with E-state index in [4.69, 9.17) is 0 Å². The molecular weight excluding hydrogens is 483 g/mol. The van der Waals surface area contributed by atoms with Gasteiger partial charge in [-0.05, 0) is 44.6 Å². The normalized spacial score (nSPS) is 15.5. The van der Waals surface area contributed by atoms with Gasteiger partial charge in [-0.1, -0.05) is 24.1 Å². The van der Waals surface area contributed by atoms with Gasteiger partial charge in [-0.2, -0.15) is 13.2 Å². The summed E-state index contributed by atoms with van der Waals surface area (Å²) >= 11 is 2.82. The molecule has 4 rings (SSSR count). The Balaban J connectivity index is 1.64. The van der Waals surface area contributed by atoms with Gasteiger partial charge in [-0.15, -0.1) is 11.3 Å². The van der Waals surface area contributed by atoms with E-state index in [2.05, 4.69) is 24.6 Å². The van der Waals surface area contributed by atoms with E-state index in [1.165, 1.54) is 13.1 Å². The van der Waals surface area contributed by atoms with Crippen molar-refractivity contribution in [2.75, 3.05) is 24.7 Å². The minimum atomic E-state index is -4.60. The molecule has 0 aliphatic carbocycles. The highest BCUT2D eigenvalue weighted by Gasteiger charge is 2.36. The number of nitrogens with one attached hydrogen (secondary N) is 1. The third kappa shape index (κ3) is 5.42. The van der Waals surface area contributed by atoms with Crippen molar-refractivity contribution >= 4 is 35.0 Å². The number of piperidine rings is 1. The van der Waals surface area contributed by atoms with Gasteiger partial charge in [0.25, 0.3) is 0 Å². The van der Waals surface area contributed by atoms with Gasteiger partial charge in [0.15, 0.2) is 5.78 Å². The second-order valence-electron chi connectivity index (χ2n) is 8.10. The van der Waals surface area contributed by atoms with Crippen LogP contribution < -0.4 is 5.32 Å². The summed E-state index contributed by atoms with van der Waals surface area (Å²) in [5.74, 6) is 0.131. The van der Waals surface area contributed by atoms with Crippen LogP contribution in [0, 0.1) is 6.92 Å². The lowest BCUT2D eigenvalue weighted by Gasteiger charge is -2.30. The lowest BCUT2D eigenvalue weighted by Crippen LogP contribution is -2.35. The molecule has 0 unspecified atom stereocenters. The Bertz CT molecular complexity index is 1190. The number of alkyl halides is 3. The maximum absolute atomic E-state index is 13.8. The summed E-state index contributed by atoms with van der Waals surface area (Å²) in [4.78, 5) is 24.5. The molecule has 0 saturated carbocycles. The molecule has 3 heterocycles. The first-order chi connectivity index (χ1) is 16.2. The van der Waals surface area contributed by atoms with Gasteiger partial charge in [0.05, 0.1) is 10.6 Å². The fraction of sp³-hybridized carbons (Fsp3) is 0.391. The second kappa shape index (κ2) is 10.0. The molecular formula is C23H24F3N5OS2. The molecule has 0 amide bonds. The van der Waals surface area contributed by atoms with Crippen molar-refractivity contribution in [2.45, 2.75) is 38.9 Å². The number of aryl methyl sites for hydroxylation is 1. The fourth-order valence-corrected chi connectivity index (χ4v) is 5.43. The van der Waals surface area contributed by atoms with E-state index < -0.39 is 11.7 Å². The molecule has 34 heavy (non-hydrogen) atoms. The highest BCUT2D eigenvalue weighted by molar-refractivity contribution is 7.96. The van der Waals surface area contributed by atoms with Gasteiger partial charge in [-0.3, -0.25) is 9.10 Å². The largest absolute Gasteiger partial charge is 0.420 e. The number of Topliss-reactive ketones (excluding diaryl/α,β-unsaturated/α-hetero) is 1. The highest BCUT2D eigenvalue weighted by atomic mass is 32.2. The number of carbonyl (C=O) groups is 1. The number of anilines is 1. The van der Waals surface area contributed by atoms with Crippen LogP contribution in [0.15, 0.2) is 30.6 Å². The first-order valence-corrected chi connectivity index (χ1v) is 12.7. The Kier molecular flexibility index (Phi) is 7.25. The van der Waals surface area contributed by atoms with Gasteiger partial charge in [0.1, 0.15) is 10.6 Å². The summed E-state index contributed by atoms with van der Waals surface area (Å²) in [5, 5.41) is 3.77. The SMILES string of the molecule is CSN1CCC(Nc2ncc(C(F)(F)F)c(-c3cnc(-c4ccc(C(C)=O)cc4C)s3)n2)CC1. The molecule has 3 aromatic rings. The molecule has 6 nitrogen and oxygen atoms in total. The molecule has 1 aromatic carbocycles. The molecule has 0 atom stereocenters. The number of halogens is 3. The maximum Gasteiger partial charge on any atom is 0.420 e. The first-order valence-electron chi connectivity index (χ1n) is 10.7. The van der Waals surface area contributed by atoms with Gasteiger partial charge >= 0.3 is 6.18 Å². The van der Waals surface area contributed by atoms with Crippen molar-refractivity contribution in [2.24, 2.45) is 0 Å². The van der Waals surface area contributed by atoms with Crippen molar-refractivity contribution in [3.63, 3.8) is 0 Å². The average Bonchev–Trinajstić information content (AvgIpc) is 3.28. The molecule has 0 spiro atoms. The standard InChI is InChI=1S/C23H24F3N5OS2/c1-13-10-15(14(2)32)4-5-17(13)21-27-12-19(34-21)20-18(23(24,25)26)11-28-22(30-20)29-16-6-8-31(33-3)9-7-16/h4-5,10-12,16H,6-9H2,1-3H3,(H,28,29,30). The fourth-order valence-electron chi connectivity index (χ4n) is 3.84. The van der Waals surface area contributed by atoms with Crippen LogP contribution in [0.2, 0.25) is 0 Å². The van der Waals surface area contributed by atoms with Gasteiger partial charge < -0.3 is 5.32 Å². The zero-order valence-corrected chi connectivity index (χ0v) is 20.6. The van der Waals surface area contributed by atoms with E-state index in [1.54, 1.807) is 30.1 Å². The molecule has 0 radical (unpaired) electrons. The zero-order valence-electron chi connectivity index (χ0n) is 18.9. The number of rotatable bonds is 6. The predicted octanol–water partition coefficient (Wildman–Crippen LogP) is 5.95. The third-order valence-corrected chi connectivity index (χ3v) is 7.66. The quantitative estimate of drug-likeness (QED) is 0.326. The van der Waals surface area contributed by atoms with Crippen LogP contribution in [0.4, 0.5) is 19.1 Å². The molecule has 11 heteroatoms. The number of nitrogens with zero attached hydrogens (tertiary/aromatic N) is 4. The van der Waals surface area contributed by atoms with E-state index in [9.17, 15) is 18.0 Å². The summed E-state index contributed by atoms with van der Waals surface area (Å²) < 4.78 is 43.5. The summed E-state index contributed by atoms with van der Waals surface area (Å²) in [6, 6.07) is 5.33. The summed E-state index contributed by atoms with van der Waals surface area (Å²) in [7, 11) is 0. The smallest absolute Gasteiger partial charge is 0.351 e. The number of ketones is 1. The molecule has 1 saturated heterocycles. The van der Waals surface area contributed by atoms with Crippen LogP contribution >= 0.6 is 23.3 Å². The van der Waals surface area contributed by atoms with Gasteiger partial charge in [0.2, 0.25) is 5.95 Å². The summed E-state index contributed by atoms with van der Waals surface area (Å²) in [5.41, 5.74) is 1.09. The monoisotopic (exact) mass is 507 g/mol.